The van der Waals surface area contributed by atoms with Gasteiger partial charge in [-0.1, -0.05) is 26.0 Å². The predicted octanol–water partition coefficient (Wildman–Crippen LogP) is 2.29. The van der Waals surface area contributed by atoms with Crippen LogP contribution in [0.5, 0.6) is 0 Å². The Morgan fingerprint density at radius 2 is 1.79 bits per heavy atom. The largest absolute Gasteiger partial charge is 0.229 e. The standard InChI is InChI=1S/C8H16.C2H7NO2S/c1-4-5-6-7-8(2)3;1-2-6(3,4)5/h4-5,8H,6-7H2,1-3H3;2H2,1H3,(H2,3,4,5)/b5-4+;. The molecule has 0 unspecified atom stereocenters. The zero-order valence-corrected chi connectivity index (χ0v) is 10.5. The van der Waals surface area contributed by atoms with E-state index in [-0.39, 0.29) is 5.75 Å². The molecule has 0 aliphatic heterocycles. The summed E-state index contributed by atoms with van der Waals surface area (Å²) in [5.41, 5.74) is 0. The second-order valence-electron chi connectivity index (χ2n) is 3.49. The van der Waals surface area contributed by atoms with Crippen molar-refractivity contribution < 1.29 is 8.42 Å². The lowest BCUT2D eigenvalue weighted by atomic mass is 10.1. The fraction of sp³-hybridized carbons (Fsp3) is 0.800. The molecule has 2 N–H and O–H groups in total. The summed E-state index contributed by atoms with van der Waals surface area (Å²) in [6.07, 6.45) is 6.90. The molecule has 0 bridgehead atoms. The summed E-state index contributed by atoms with van der Waals surface area (Å²) in [6, 6.07) is 0. The van der Waals surface area contributed by atoms with Crippen LogP contribution in [0.1, 0.15) is 40.5 Å². The van der Waals surface area contributed by atoms with E-state index in [1.54, 1.807) is 0 Å². The zero-order valence-electron chi connectivity index (χ0n) is 9.66. The molecule has 0 aromatic rings. The van der Waals surface area contributed by atoms with E-state index in [2.05, 4.69) is 38.1 Å². The molecule has 0 radical (unpaired) electrons. The number of nitrogens with two attached hydrogens (primary N) is 1. The molecule has 0 heterocycles. The molecular formula is C10H23NO2S. The zero-order chi connectivity index (χ0) is 11.6. The van der Waals surface area contributed by atoms with E-state index in [0.29, 0.717) is 0 Å². The van der Waals surface area contributed by atoms with E-state index in [1.165, 1.54) is 19.8 Å². The number of primary sulfonamides is 1. The maximum atomic E-state index is 9.78. The van der Waals surface area contributed by atoms with E-state index in [0.717, 1.165) is 5.92 Å². The molecule has 0 aromatic heterocycles. The summed E-state index contributed by atoms with van der Waals surface area (Å²) in [5, 5.41) is 4.51. The molecule has 0 amide bonds. The maximum Gasteiger partial charge on any atom is 0.208 e. The third-order valence-corrected chi connectivity index (χ3v) is 2.35. The minimum Gasteiger partial charge on any atom is -0.229 e. The third kappa shape index (κ3) is 22.6. The van der Waals surface area contributed by atoms with Crippen LogP contribution in [0.3, 0.4) is 0 Å². The van der Waals surface area contributed by atoms with Gasteiger partial charge >= 0.3 is 0 Å². The van der Waals surface area contributed by atoms with Crippen LogP contribution in [0.15, 0.2) is 12.2 Å². The minimum atomic E-state index is -3.16. The van der Waals surface area contributed by atoms with Gasteiger partial charge in [-0.05, 0) is 32.6 Å². The number of hydrogen-bond acceptors (Lipinski definition) is 2. The average molecular weight is 221 g/mol. The summed E-state index contributed by atoms with van der Waals surface area (Å²) < 4.78 is 19.6. The summed E-state index contributed by atoms with van der Waals surface area (Å²) in [6.45, 7) is 8.07. The molecule has 86 valence electrons. The van der Waals surface area contributed by atoms with Gasteiger partial charge in [0.25, 0.3) is 0 Å². The lowest BCUT2D eigenvalue weighted by Crippen LogP contribution is -2.13. The monoisotopic (exact) mass is 221 g/mol. The highest BCUT2D eigenvalue weighted by molar-refractivity contribution is 7.89. The van der Waals surface area contributed by atoms with Crippen molar-refractivity contribution in [1.29, 1.82) is 0 Å². The molecule has 0 aromatic carbocycles. The van der Waals surface area contributed by atoms with Crippen LogP contribution in [-0.2, 0) is 10.0 Å². The maximum absolute atomic E-state index is 9.78. The number of sulfonamides is 1. The van der Waals surface area contributed by atoms with E-state index in [4.69, 9.17) is 0 Å². The summed E-state index contributed by atoms with van der Waals surface area (Å²) in [5.74, 6) is 0.874. The molecule has 0 aliphatic carbocycles. The molecule has 3 nitrogen and oxygen atoms in total. The molecule has 0 saturated carbocycles. The smallest absolute Gasteiger partial charge is 0.208 e. The highest BCUT2D eigenvalue weighted by Gasteiger charge is 1.91. The Hall–Kier alpha value is -0.350. The van der Waals surface area contributed by atoms with Gasteiger partial charge in [0.1, 0.15) is 0 Å². The van der Waals surface area contributed by atoms with Crippen LogP contribution in [0, 0.1) is 5.92 Å². The van der Waals surface area contributed by atoms with Gasteiger partial charge in [-0.2, -0.15) is 0 Å². The van der Waals surface area contributed by atoms with Crippen molar-refractivity contribution in [3.63, 3.8) is 0 Å². The number of hydrogen-bond donors (Lipinski definition) is 1. The van der Waals surface area contributed by atoms with Crippen LogP contribution in [0.2, 0.25) is 0 Å². The second-order valence-corrected chi connectivity index (χ2v) is 5.39. The summed E-state index contributed by atoms with van der Waals surface area (Å²) >= 11 is 0. The van der Waals surface area contributed by atoms with Crippen LogP contribution >= 0.6 is 0 Å². The van der Waals surface area contributed by atoms with Crippen molar-refractivity contribution in [2.45, 2.75) is 40.5 Å². The Kier molecular flexibility index (Phi) is 10.6. The van der Waals surface area contributed by atoms with Gasteiger partial charge in [0.2, 0.25) is 10.0 Å². The lowest BCUT2D eigenvalue weighted by Gasteiger charge is -1.97. The molecular weight excluding hydrogens is 198 g/mol. The van der Waals surface area contributed by atoms with Gasteiger partial charge < -0.3 is 0 Å². The Balaban J connectivity index is 0. The molecule has 4 heteroatoms. The minimum absolute atomic E-state index is 0.0208. The third-order valence-electron chi connectivity index (χ3n) is 1.55. The fourth-order valence-corrected chi connectivity index (χ4v) is 0.596. The Bertz CT molecular complexity index is 231. The van der Waals surface area contributed by atoms with Gasteiger partial charge in [-0.15, -0.1) is 0 Å². The molecule has 0 spiro atoms. The molecule has 0 rings (SSSR count). The van der Waals surface area contributed by atoms with Gasteiger partial charge in [-0.3, -0.25) is 0 Å². The van der Waals surface area contributed by atoms with E-state index >= 15 is 0 Å². The quantitative estimate of drug-likeness (QED) is 0.740. The van der Waals surface area contributed by atoms with Crippen molar-refractivity contribution in [3.05, 3.63) is 12.2 Å². The van der Waals surface area contributed by atoms with E-state index in [1.807, 2.05) is 0 Å². The lowest BCUT2D eigenvalue weighted by molar-refractivity contribution is 0.594. The first-order chi connectivity index (χ1) is 6.33. The summed E-state index contributed by atoms with van der Waals surface area (Å²) in [4.78, 5) is 0. The normalized spacial score (nSPS) is 11.6. The molecule has 0 atom stereocenters. The molecule has 0 saturated heterocycles. The molecule has 14 heavy (non-hydrogen) atoms. The van der Waals surface area contributed by atoms with Crippen molar-refractivity contribution in [2.75, 3.05) is 5.75 Å². The fourth-order valence-electron chi connectivity index (χ4n) is 0.596. The Morgan fingerprint density at radius 1 is 1.36 bits per heavy atom. The van der Waals surface area contributed by atoms with Gasteiger partial charge in [0.15, 0.2) is 0 Å². The highest BCUT2D eigenvalue weighted by atomic mass is 32.2. The first-order valence-electron chi connectivity index (χ1n) is 4.95. The highest BCUT2D eigenvalue weighted by Crippen LogP contribution is 2.02. The first kappa shape index (κ1) is 16.1. The van der Waals surface area contributed by atoms with Crippen molar-refractivity contribution in [1.82, 2.24) is 0 Å². The Labute approximate surface area is 88.4 Å². The van der Waals surface area contributed by atoms with Gasteiger partial charge in [0.05, 0.1) is 5.75 Å². The molecule has 0 aliphatic rings. The molecule has 0 fully saturated rings. The number of rotatable bonds is 4. The van der Waals surface area contributed by atoms with Crippen LogP contribution < -0.4 is 5.14 Å². The van der Waals surface area contributed by atoms with Crippen molar-refractivity contribution >= 4 is 10.0 Å². The van der Waals surface area contributed by atoms with Crippen LogP contribution in [0.25, 0.3) is 0 Å². The van der Waals surface area contributed by atoms with E-state index in [9.17, 15) is 8.42 Å². The topological polar surface area (TPSA) is 60.2 Å². The van der Waals surface area contributed by atoms with Crippen LogP contribution in [-0.4, -0.2) is 14.2 Å². The predicted molar refractivity (Wildman–Crippen MR) is 62.5 cm³/mol. The SMILES string of the molecule is C/C=C/CCC(C)C.CCS(N)(=O)=O. The number of allylic oxidation sites excluding steroid dienone is 2. The summed E-state index contributed by atoms with van der Waals surface area (Å²) in [7, 11) is -3.16. The first-order valence-corrected chi connectivity index (χ1v) is 6.66. The Morgan fingerprint density at radius 3 is 2.00 bits per heavy atom. The van der Waals surface area contributed by atoms with Gasteiger partial charge in [-0.25, -0.2) is 13.6 Å². The van der Waals surface area contributed by atoms with Crippen molar-refractivity contribution in [2.24, 2.45) is 11.1 Å². The second kappa shape index (κ2) is 9.21. The van der Waals surface area contributed by atoms with E-state index < -0.39 is 10.0 Å². The van der Waals surface area contributed by atoms with Crippen LogP contribution in [0.4, 0.5) is 0 Å². The van der Waals surface area contributed by atoms with Crippen molar-refractivity contribution in [3.8, 4) is 0 Å². The average Bonchev–Trinajstić information content (AvgIpc) is 2.04. The van der Waals surface area contributed by atoms with Gasteiger partial charge in [0, 0.05) is 0 Å².